The minimum atomic E-state index is -0.0356. The molecule has 0 saturated carbocycles. The van der Waals surface area contributed by atoms with Crippen molar-refractivity contribution in [1.82, 2.24) is 4.90 Å². The molecular formula is C20H23N. The summed E-state index contributed by atoms with van der Waals surface area (Å²) in [5.74, 6) is 6.87. The fourth-order valence-electron chi connectivity index (χ4n) is 3.02. The highest BCUT2D eigenvalue weighted by atomic mass is 15.2. The summed E-state index contributed by atoms with van der Waals surface area (Å²) in [4.78, 5) is 2.52. The molecule has 0 unspecified atom stereocenters. The molecule has 0 radical (unpaired) electrons. The molecule has 0 spiro atoms. The average Bonchev–Trinajstić information content (AvgIpc) is 2.54. The highest BCUT2D eigenvalue weighted by Gasteiger charge is 2.25. The van der Waals surface area contributed by atoms with Crippen LogP contribution >= 0.6 is 0 Å². The van der Waals surface area contributed by atoms with E-state index in [1.54, 1.807) is 0 Å². The maximum atomic E-state index is 3.49. The van der Waals surface area contributed by atoms with Crippen LogP contribution in [0.15, 0.2) is 42.5 Å². The Morgan fingerprint density at radius 2 is 1.62 bits per heavy atom. The van der Waals surface area contributed by atoms with E-state index >= 15 is 0 Å². The predicted octanol–water partition coefficient (Wildman–Crippen LogP) is 4.46. The quantitative estimate of drug-likeness (QED) is 0.696. The van der Waals surface area contributed by atoms with E-state index in [9.17, 15) is 0 Å². The Labute approximate surface area is 128 Å². The largest absolute Gasteiger partial charge is 0.288 e. The highest BCUT2D eigenvalue weighted by Crippen LogP contribution is 2.20. The Morgan fingerprint density at radius 3 is 2.38 bits per heavy atom. The Kier molecular flexibility index (Phi) is 3.99. The second-order valence-corrected chi connectivity index (χ2v) is 6.42. The number of hydrogen-bond acceptors (Lipinski definition) is 1. The molecule has 1 aliphatic rings. The monoisotopic (exact) mass is 277 g/mol. The van der Waals surface area contributed by atoms with E-state index < -0.39 is 0 Å². The van der Waals surface area contributed by atoms with Gasteiger partial charge in [-0.05, 0) is 62.7 Å². The van der Waals surface area contributed by atoms with Crippen molar-refractivity contribution in [3.05, 3.63) is 48.0 Å². The van der Waals surface area contributed by atoms with E-state index in [2.05, 4.69) is 73.1 Å². The second kappa shape index (κ2) is 5.92. The van der Waals surface area contributed by atoms with E-state index in [1.165, 1.54) is 43.1 Å². The van der Waals surface area contributed by atoms with Gasteiger partial charge in [0.25, 0.3) is 0 Å². The summed E-state index contributed by atoms with van der Waals surface area (Å²) < 4.78 is 0. The van der Waals surface area contributed by atoms with E-state index in [1.807, 2.05) is 0 Å². The minimum Gasteiger partial charge on any atom is -0.288 e. The zero-order chi connectivity index (χ0) is 14.7. The van der Waals surface area contributed by atoms with Crippen LogP contribution in [0.3, 0.4) is 0 Å². The molecule has 21 heavy (non-hydrogen) atoms. The van der Waals surface area contributed by atoms with Crippen molar-refractivity contribution >= 4 is 10.8 Å². The molecule has 1 saturated heterocycles. The van der Waals surface area contributed by atoms with Crippen LogP contribution in [0.5, 0.6) is 0 Å². The molecule has 2 aromatic carbocycles. The Bertz CT molecular complexity index is 682. The summed E-state index contributed by atoms with van der Waals surface area (Å²) in [7, 11) is 0. The molecule has 2 aromatic rings. The Hall–Kier alpha value is -1.78. The first kappa shape index (κ1) is 14.2. The van der Waals surface area contributed by atoms with Crippen molar-refractivity contribution in [2.24, 2.45) is 0 Å². The first-order valence-electron chi connectivity index (χ1n) is 7.92. The molecule has 1 heteroatoms. The van der Waals surface area contributed by atoms with Crippen LogP contribution in [0.25, 0.3) is 10.8 Å². The van der Waals surface area contributed by atoms with Gasteiger partial charge in [-0.15, -0.1) is 0 Å². The van der Waals surface area contributed by atoms with Crippen molar-refractivity contribution < 1.29 is 0 Å². The van der Waals surface area contributed by atoms with Crippen LogP contribution in [-0.2, 0) is 0 Å². The third kappa shape index (κ3) is 3.28. The summed E-state index contributed by atoms with van der Waals surface area (Å²) in [6.07, 6.45) is 3.98. The van der Waals surface area contributed by atoms with E-state index in [4.69, 9.17) is 0 Å². The van der Waals surface area contributed by atoms with Gasteiger partial charge in [0.2, 0.25) is 0 Å². The first-order valence-corrected chi connectivity index (χ1v) is 7.92. The molecule has 0 bridgehead atoms. The van der Waals surface area contributed by atoms with Gasteiger partial charge < -0.3 is 0 Å². The van der Waals surface area contributed by atoms with Gasteiger partial charge in [-0.25, -0.2) is 0 Å². The summed E-state index contributed by atoms with van der Waals surface area (Å²) >= 11 is 0. The summed E-state index contributed by atoms with van der Waals surface area (Å²) in [5, 5.41) is 2.54. The number of nitrogens with zero attached hydrogens (tertiary/aromatic N) is 1. The number of rotatable bonds is 1. The lowest BCUT2D eigenvalue weighted by molar-refractivity contribution is 0.139. The molecule has 3 rings (SSSR count). The van der Waals surface area contributed by atoms with Gasteiger partial charge in [-0.2, -0.15) is 0 Å². The maximum Gasteiger partial charge on any atom is 0.0772 e. The fourth-order valence-corrected chi connectivity index (χ4v) is 3.02. The molecule has 0 atom stereocenters. The van der Waals surface area contributed by atoms with Gasteiger partial charge in [0.05, 0.1) is 5.54 Å². The number of hydrogen-bond donors (Lipinski definition) is 0. The molecular weight excluding hydrogens is 254 g/mol. The molecule has 0 amide bonds. The standard InChI is InChI=1S/C20H23N/c1-20(2,21-14-6-3-7-15-21)13-12-17-10-11-18-8-4-5-9-19(18)16-17/h4-5,8-11,16H,3,6-7,14-15H2,1-2H3. The molecule has 0 aromatic heterocycles. The lowest BCUT2D eigenvalue weighted by Gasteiger charge is -2.37. The van der Waals surface area contributed by atoms with Crippen LogP contribution < -0.4 is 0 Å². The summed E-state index contributed by atoms with van der Waals surface area (Å²) in [5.41, 5.74) is 1.07. The molecule has 1 nitrogen and oxygen atoms in total. The van der Waals surface area contributed by atoms with E-state index in [-0.39, 0.29) is 5.54 Å². The third-order valence-electron chi connectivity index (χ3n) is 4.41. The molecule has 0 aliphatic carbocycles. The number of piperidine rings is 1. The second-order valence-electron chi connectivity index (χ2n) is 6.42. The zero-order valence-electron chi connectivity index (χ0n) is 13.0. The normalized spacial score (nSPS) is 16.5. The van der Waals surface area contributed by atoms with Crippen LogP contribution in [0.4, 0.5) is 0 Å². The lowest BCUT2D eigenvalue weighted by Crippen LogP contribution is -2.45. The van der Waals surface area contributed by atoms with E-state index in [0.717, 1.165) is 5.56 Å². The van der Waals surface area contributed by atoms with Gasteiger partial charge in [0, 0.05) is 5.56 Å². The predicted molar refractivity (Wildman–Crippen MR) is 90.3 cm³/mol. The van der Waals surface area contributed by atoms with Gasteiger partial charge in [-0.3, -0.25) is 4.90 Å². The SMILES string of the molecule is CC(C)(C#Cc1ccc2ccccc2c1)N1CCCCC1. The van der Waals surface area contributed by atoms with Gasteiger partial charge in [0.15, 0.2) is 0 Å². The summed E-state index contributed by atoms with van der Waals surface area (Å²) in [6, 6.07) is 14.9. The van der Waals surface area contributed by atoms with Crippen molar-refractivity contribution in [3.63, 3.8) is 0 Å². The van der Waals surface area contributed by atoms with Crippen molar-refractivity contribution in [2.75, 3.05) is 13.1 Å². The lowest BCUT2D eigenvalue weighted by atomic mass is 9.98. The van der Waals surface area contributed by atoms with Gasteiger partial charge in [0.1, 0.15) is 0 Å². The van der Waals surface area contributed by atoms with Crippen LogP contribution in [0.1, 0.15) is 38.7 Å². The molecule has 1 fully saturated rings. The fraction of sp³-hybridized carbons (Fsp3) is 0.400. The molecule has 108 valence electrons. The number of fused-ring (bicyclic) bond motifs is 1. The molecule has 1 heterocycles. The van der Waals surface area contributed by atoms with Crippen molar-refractivity contribution in [1.29, 1.82) is 0 Å². The molecule has 1 aliphatic heterocycles. The zero-order valence-corrected chi connectivity index (χ0v) is 13.0. The van der Waals surface area contributed by atoms with Crippen LogP contribution in [-0.4, -0.2) is 23.5 Å². The number of benzene rings is 2. The van der Waals surface area contributed by atoms with Crippen LogP contribution in [0, 0.1) is 11.8 Å². The Morgan fingerprint density at radius 1 is 0.905 bits per heavy atom. The smallest absolute Gasteiger partial charge is 0.0772 e. The third-order valence-corrected chi connectivity index (χ3v) is 4.41. The average molecular weight is 277 g/mol. The van der Waals surface area contributed by atoms with Gasteiger partial charge in [-0.1, -0.05) is 48.6 Å². The van der Waals surface area contributed by atoms with E-state index in [0.29, 0.717) is 0 Å². The molecule has 0 N–H and O–H groups in total. The number of likely N-dealkylation sites (tertiary alicyclic amines) is 1. The minimum absolute atomic E-state index is 0.0356. The van der Waals surface area contributed by atoms with Crippen molar-refractivity contribution in [3.8, 4) is 11.8 Å². The maximum absolute atomic E-state index is 3.49. The van der Waals surface area contributed by atoms with Gasteiger partial charge >= 0.3 is 0 Å². The topological polar surface area (TPSA) is 3.24 Å². The van der Waals surface area contributed by atoms with Crippen LogP contribution in [0.2, 0.25) is 0 Å². The Balaban J connectivity index is 1.84. The highest BCUT2D eigenvalue weighted by molar-refractivity contribution is 5.83. The van der Waals surface area contributed by atoms with Crippen molar-refractivity contribution in [2.45, 2.75) is 38.6 Å². The first-order chi connectivity index (χ1) is 10.1. The summed E-state index contributed by atoms with van der Waals surface area (Å²) in [6.45, 7) is 6.84.